The molecule has 8 heteroatoms. The first-order valence-corrected chi connectivity index (χ1v) is 8.43. The number of anilines is 1. The zero-order valence-electron chi connectivity index (χ0n) is 15.1. The predicted octanol–water partition coefficient (Wildman–Crippen LogP) is 2.02. The molecule has 3 aromatic rings. The van der Waals surface area contributed by atoms with Crippen molar-refractivity contribution in [3.8, 4) is 0 Å². The van der Waals surface area contributed by atoms with Gasteiger partial charge in [-0.15, -0.1) is 0 Å². The summed E-state index contributed by atoms with van der Waals surface area (Å²) < 4.78 is 15.3. The molecule has 0 fully saturated rings. The van der Waals surface area contributed by atoms with Crippen LogP contribution in [0.15, 0.2) is 48.7 Å². The zero-order valence-corrected chi connectivity index (χ0v) is 15.1. The number of nitrogens with zero attached hydrogens (tertiary/aromatic N) is 3. The normalized spacial score (nSPS) is 11.0. The number of carbonyl (C=O) groups excluding carboxylic acids is 2. The van der Waals surface area contributed by atoms with Crippen LogP contribution in [0.1, 0.15) is 21.1 Å². The fourth-order valence-electron chi connectivity index (χ4n) is 2.58. The summed E-state index contributed by atoms with van der Waals surface area (Å²) in [5, 5.41) is 5.28. The number of likely N-dealkylation sites (N-methyl/N-ethyl adjacent to an activating group) is 1. The summed E-state index contributed by atoms with van der Waals surface area (Å²) in [5.74, 6) is -1.51. The van der Waals surface area contributed by atoms with Crippen molar-refractivity contribution in [1.29, 1.82) is 0 Å². The number of aromatic nitrogens is 2. The molecule has 0 bridgehead atoms. The van der Waals surface area contributed by atoms with E-state index < -0.39 is 11.7 Å². The van der Waals surface area contributed by atoms with E-state index in [1.807, 2.05) is 19.0 Å². The molecule has 3 rings (SSSR count). The van der Waals surface area contributed by atoms with E-state index in [-0.39, 0.29) is 23.1 Å². The minimum absolute atomic E-state index is 0.00612. The average Bonchev–Trinajstić information content (AvgIpc) is 3.03. The van der Waals surface area contributed by atoms with E-state index in [4.69, 9.17) is 0 Å². The Morgan fingerprint density at radius 3 is 2.59 bits per heavy atom. The maximum Gasteiger partial charge on any atom is 0.292 e. The molecule has 1 aromatic carbocycles. The number of halogens is 1. The molecule has 0 aliphatic heterocycles. The Morgan fingerprint density at radius 1 is 1.11 bits per heavy atom. The Kier molecular flexibility index (Phi) is 5.46. The van der Waals surface area contributed by atoms with Gasteiger partial charge in [-0.05, 0) is 38.4 Å². The maximum absolute atomic E-state index is 13.8. The van der Waals surface area contributed by atoms with E-state index in [0.717, 1.165) is 0 Å². The van der Waals surface area contributed by atoms with Gasteiger partial charge in [-0.3, -0.25) is 14.0 Å². The summed E-state index contributed by atoms with van der Waals surface area (Å²) >= 11 is 0. The summed E-state index contributed by atoms with van der Waals surface area (Å²) in [7, 11) is 3.81. The lowest BCUT2D eigenvalue weighted by Gasteiger charge is -2.09. The second kappa shape index (κ2) is 7.96. The molecular formula is C19H20FN5O2. The van der Waals surface area contributed by atoms with Crippen LogP contribution in [0, 0.1) is 5.82 Å². The van der Waals surface area contributed by atoms with E-state index in [1.54, 1.807) is 30.5 Å². The van der Waals surface area contributed by atoms with Crippen LogP contribution in [0.3, 0.4) is 0 Å². The highest BCUT2D eigenvalue weighted by molar-refractivity contribution is 6.06. The molecule has 7 nitrogen and oxygen atoms in total. The predicted molar refractivity (Wildman–Crippen MR) is 100 cm³/mol. The van der Waals surface area contributed by atoms with Crippen molar-refractivity contribution in [2.45, 2.75) is 0 Å². The monoisotopic (exact) mass is 369 g/mol. The third kappa shape index (κ3) is 4.12. The van der Waals surface area contributed by atoms with Crippen molar-refractivity contribution < 1.29 is 14.0 Å². The number of nitrogens with one attached hydrogen (secondary N) is 2. The topological polar surface area (TPSA) is 78.7 Å². The highest BCUT2D eigenvalue weighted by Gasteiger charge is 2.21. The Bertz CT molecular complexity index is 983. The van der Waals surface area contributed by atoms with Crippen molar-refractivity contribution in [2.75, 3.05) is 32.5 Å². The highest BCUT2D eigenvalue weighted by atomic mass is 19.1. The summed E-state index contributed by atoms with van der Waals surface area (Å²) in [4.78, 5) is 31.3. The van der Waals surface area contributed by atoms with Gasteiger partial charge in [-0.25, -0.2) is 9.37 Å². The van der Waals surface area contributed by atoms with Crippen molar-refractivity contribution in [3.05, 3.63) is 66.0 Å². The van der Waals surface area contributed by atoms with Gasteiger partial charge in [-0.1, -0.05) is 18.2 Å². The fraction of sp³-hybridized carbons (Fsp3) is 0.211. The van der Waals surface area contributed by atoms with Gasteiger partial charge in [-0.2, -0.15) is 0 Å². The van der Waals surface area contributed by atoms with E-state index in [2.05, 4.69) is 15.6 Å². The number of para-hydroxylation sites is 1. The quantitative estimate of drug-likeness (QED) is 0.697. The van der Waals surface area contributed by atoms with Crippen LogP contribution in [0.5, 0.6) is 0 Å². The Balaban J connectivity index is 1.89. The summed E-state index contributed by atoms with van der Waals surface area (Å²) in [5.41, 5.74) is 0.693. The first-order valence-electron chi connectivity index (χ1n) is 8.43. The third-order valence-electron chi connectivity index (χ3n) is 3.93. The molecule has 0 radical (unpaired) electrons. The molecule has 0 atom stereocenters. The van der Waals surface area contributed by atoms with Crippen LogP contribution in [-0.2, 0) is 0 Å². The van der Waals surface area contributed by atoms with E-state index in [0.29, 0.717) is 18.6 Å². The molecule has 2 aromatic heterocycles. The maximum atomic E-state index is 13.8. The van der Waals surface area contributed by atoms with E-state index in [9.17, 15) is 14.0 Å². The van der Waals surface area contributed by atoms with E-state index in [1.165, 1.54) is 22.6 Å². The van der Waals surface area contributed by atoms with Crippen molar-refractivity contribution in [3.63, 3.8) is 0 Å². The average molecular weight is 369 g/mol. The van der Waals surface area contributed by atoms with Crippen molar-refractivity contribution in [1.82, 2.24) is 19.6 Å². The van der Waals surface area contributed by atoms with Crippen LogP contribution < -0.4 is 10.6 Å². The number of benzene rings is 1. The molecule has 27 heavy (non-hydrogen) atoms. The van der Waals surface area contributed by atoms with Crippen LogP contribution in [0.25, 0.3) is 5.52 Å². The fourth-order valence-corrected chi connectivity index (χ4v) is 2.58. The van der Waals surface area contributed by atoms with Gasteiger partial charge in [0.1, 0.15) is 5.82 Å². The van der Waals surface area contributed by atoms with Gasteiger partial charge in [0.2, 0.25) is 5.82 Å². The standard InChI is InChI=1S/C19H20FN5O2/c1-24(2)12-10-21-18(26)16-15-9-5-6-11-25(15)17(23-16)19(27)22-14-8-4-3-7-13(14)20/h3-9,11H,10,12H2,1-2H3,(H,21,26)(H,22,27). The van der Waals surface area contributed by atoms with Gasteiger partial charge in [0.25, 0.3) is 11.8 Å². The van der Waals surface area contributed by atoms with Crippen molar-refractivity contribution >= 4 is 23.0 Å². The Morgan fingerprint density at radius 2 is 1.85 bits per heavy atom. The van der Waals surface area contributed by atoms with Crippen molar-refractivity contribution in [2.24, 2.45) is 0 Å². The van der Waals surface area contributed by atoms with Crippen LogP contribution in [-0.4, -0.2) is 53.3 Å². The number of rotatable bonds is 6. The van der Waals surface area contributed by atoms with Gasteiger partial charge in [0.15, 0.2) is 5.69 Å². The van der Waals surface area contributed by atoms with E-state index >= 15 is 0 Å². The number of imidazole rings is 1. The third-order valence-corrected chi connectivity index (χ3v) is 3.93. The molecule has 0 aliphatic rings. The number of fused-ring (bicyclic) bond motifs is 1. The molecule has 0 aliphatic carbocycles. The molecular weight excluding hydrogens is 349 g/mol. The van der Waals surface area contributed by atoms with Crippen LogP contribution >= 0.6 is 0 Å². The molecule has 0 saturated carbocycles. The molecule has 0 spiro atoms. The second-order valence-corrected chi connectivity index (χ2v) is 6.23. The molecule has 0 unspecified atom stereocenters. The zero-order chi connectivity index (χ0) is 19.4. The number of hydrogen-bond donors (Lipinski definition) is 2. The Labute approximate surface area is 155 Å². The molecule has 2 amide bonds. The molecule has 0 saturated heterocycles. The van der Waals surface area contributed by atoms with Gasteiger partial charge in [0, 0.05) is 19.3 Å². The number of pyridine rings is 1. The molecule has 2 N–H and O–H groups in total. The second-order valence-electron chi connectivity index (χ2n) is 6.23. The summed E-state index contributed by atoms with van der Waals surface area (Å²) in [6.45, 7) is 1.13. The van der Waals surface area contributed by atoms with Crippen LogP contribution in [0.2, 0.25) is 0 Å². The molecule has 140 valence electrons. The first kappa shape index (κ1) is 18.5. The SMILES string of the molecule is CN(C)CCNC(=O)c1nc(C(=O)Nc2ccccc2F)n2ccccc12. The first-order chi connectivity index (χ1) is 13.0. The highest BCUT2D eigenvalue weighted by Crippen LogP contribution is 2.17. The minimum Gasteiger partial charge on any atom is -0.349 e. The minimum atomic E-state index is -0.603. The number of amides is 2. The lowest BCUT2D eigenvalue weighted by atomic mass is 10.3. The van der Waals surface area contributed by atoms with Gasteiger partial charge in [0.05, 0.1) is 11.2 Å². The van der Waals surface area contributed by atoms with Crippen LogP contribution in [0.4, 0.5) is 10.1 Å². The number of carbonyl (C=O) groups is 2. The number of hydrogen-bond acceptors (Lipinski definition) is 4. The largest absolute Gasteiger partial charge is 0.349 e. The Hall–Kier alpha value is -3.26. The lowest BCUT2D eigenvalue weighted by Crippen LogP contribution is -2.31. The smallest absolute Gasteiger partial charge is 0.292 e. The summed E-state index contributed by atoms with van der Waals surface area (Å²) in [6, 6.07) is 11.0. The van der Waals surface area contributed by atoms with Gasteiger partial charge >= 0.3 is 0 Å². The molecule has 2 heterocycles. The lowest BCUT2D eigenvalue weighted by molar-refractivity contribution is 0.0948. The van der Waals surface area contributed by atoms with Gasteiger partial charge < -0.3 is 15.5 Å². The summed E-state index contributed by atoms with van der Waals surface area (Å²) in [6.07, 6.45) is 1.63.